The number of carbonyl (C=O) groups excluding carboxylic acids is 1. The number of aryl methyl sites for hydroxylation is 1. The molecule has 1 amide bonds. The molecule has 0 unspecified atom stereocenters. The van der Waals surface area contributed by atoms with Crippen molar-refractivity contribution in [1.29, 1.82) is 0 Å². The van der Waals surface area contributed by atoms with E-state index in [4.69, 9.17) is 0 Å². The van der Waals surface area contributed by atoms with Gasteiger partial charge >= 0.3 is 0 Å². The fraction of sp³-hybridized carbons (Fsp3) is 0.526. The Hall–Kier alpha value is -2.17. The van der Waals surface area contributed by atoms with Gasteiger partial charge in [-0.2, -0.15) is 5.10 Å². The number of benzene rings is 1. The van der Waals surface area contributed by atoms with Gasteiger partial charge in [-0.3, -0.25) is 4.79 Å². The topological polar surface area (TPSA) is 51.0 Å². The summed E-state index contributed by atoms with van der Waals surface area (Å²) in [6, 6.07) is 8.90. The van der Waals surface area contributed by atoms with Crippen LogP contribution in [0.25, 0.3) is 0 Å². The molecule has 1 aromatic carbocycles. The Morgan fingerprint density at radius 2 is 2.12 bits per heavy atom. The van der Waals surface area contributed by atoms with Crippen LogP contribution in [-0.4, -0.2) is 38.7 Å². The van der Waals surface area contributed by atoms with Crippen molar-refractivity contribution in [3.63, 3.8) is 0 Å². The van der Waals surface area contributed by atoms with Crippen LogP contribution >= 0.6 is 0 Å². The summed E-state index contributed by atoms with van der Waals surface area (Å²) in [5.74, 6) is 0.677. The molecule has 5 nitrogen and oxygen atoms in total. The summed E-state index contributed by atoms with van der Waals surface area (Å²) in [6.07, 6.45) is 9.55. The van der Waals surface area contributed by atoms with E-state index >= 15 is 0 Å². The van der Waals surface area contributed by atoms with Crippen LogP contribution in [0.5, 0.6) is 0 Å². The molecule has 1 aliphatic heterocycles. The van der Waals surface area contributed by atoms with Crippen LogP contribution in [0, 0.1) is 0 Å². The van der Waals surface area contributed by atoms with Gasteiger partial charge in [0, 0.05) is 19.5 Å². The fourth-order valence-electron chi connectivity index (χ4n) is 4.21. The van der Waals surface area contributed by atoms with E-state index in [1.807, 2.05) is 9.58 Å². The molecule has 24 heavy (non-hydrogen) atoms. The number of amides is 1. The smallest absolute Gasteiger partial charge is 0.223 e. The van der Waals surface area contributed by atoms with Gasteiger partial charge in [-0.05, 0) is 49.1 Å². The lowest BCUT2D eigenvalue weighted by Crippen LogP contribution is -2.41. The van der Waals surface area contributed by atoms with E-state index in [-0.39, 0.29) is 6.04 Å². The van der Waals surface area contributed by atoms with Crippen LogP contribution in [-0.2, 0) is 11.2 Å². The summed E-state index contributed by atoms with van der Waals surface area (Å²) in [7, 11) is 0. The van der Waals surface area contributed by atoms with Gasteiger partial charge in [0.25, 0.3) is 0 Å². The Kier molecular flexibility index (Phi) is 4.32. The van der Waals surface area contributed by atoms with Crippen molar-refractivity contribution in [2.75, 3.05) is 13.1 Å². The van der Waals surface area contributed by atoms with E-state index in [0.717, 1.165) is 38.8 Å². The molecule has 0 saturated carbocycles. The molecule has 2 heterocycles. The summed E-state index contributed by atoms with van der Waals surface area (Å²) in [6.45, 7) is 1.63. The maximum absolute atomic E-state index is 12.9. The van der Waals surface area contributed by atoms with Gasteiger partial charge in [0.05, 0.1) is 6.04 Å². The summed E-state index contributed by atoms with van der Waals surface area (Å²) in [5.41, 5.74) is 2.82. The maximum Gasteiger partial charge on any atom is 0.223 e. The molecule has 1 saturated heterocycles. The van der Waals surface area contributed by atoms with Gasteiger partial charge in [-0.1, -0.05) is 24.3 Å². The summed E-state index contributed by atoms with van der Waals surface area (Å²) < 4.78 is 1.90. The fourth-order valence-corrected chi connectivity index (χ4v) is 4.21. The molecular weight excluding hydrogens is 300 g/mol. The van der Waals surface area contributed by atoms with Crippen molar-refractivity contribution in [3.8, 4) is 0 Å². The van der Waals surface area contributed by atoms with Gasteiger partial charge < -0.3 is 4.90 Å². The zero-order valence-electron chi connectivity index (χ0n) is 14.0. The van der Waals surface area contributed by atoms with E-state index < -0.39 is 0 Å². The van der Waals surface area contributed by atoms with Crippen molar-refractivity contribution in [2.24, 2.45) is 0 Å². The number of hydrogen-bond donors (Lipinski definition) is 0. The number of nitrogens with zero attached hydrogens (tertiary/aromatic N) is 4. The highest BCUT2D eigenvalue weighted by molar-refractivity contribution is 5.77. The zero-order valence-corrected chi connectivity index (χ0v) is 14.0. The van der Waals surface area contributed by atoms with Gasteiger partial charge in [-0.15, -0.1) is 0 Å². The lowest BCUT2D eigenvalue weighted by Gasteiger charge is -2.34. The quantitative estimate of drug-likeness (QED) is 0.872. The molecule has 5 heteroatoms. The molecule has 0 radical (unpaired) electrons. The normalized spacial score (nSPS) is 23.8. The first kappa shape index (κ1) is 15.4. The highest BCUT2D eigenvalue weighted by Gasteiger charge is 2.28. The molecule has 126 valence electrons. The van der Waals surface area contributed by atoms with Crippen LogP contribution in [0.3, 0.4) is 0 Å². The molecule has 1 fully saturated rings. The Labute approximate surface area is 142 Å². The molecule has 0 bridgehead atoms. The lowest BCUT2D eigenvalue weighted by atomic mass is 9.81. The molecule has 0 N–H and O–H groups in total. The number of hydrogen-bond acceptors (Lipinski definition) is 3. The minimum Gasteiger partial charge on any atom is -0.341 e. The first-order chi connectivity index (χ1) is 11.8. The maximum atomic E-state index is 12.9. The lowest BCUT2D eigenvalue weighted by molar-refractivity contribution is -0.133. The largest absolute Gasteiger partial charge is 0.341 e. The Morgan fingerprint density at radius 1 is 1.21 bits per heavy atom. The molecule has 1 aromatic heterocycles. The summed E-state index contributed by atoms with van der Waals surface area (Å²) >= 11 is 0. The molecule has 2 atom stereocenters. The monoisotopic (exact) mass is 324 g/mol. The van der Waals surface area contributed by atoms with Gasteiger partial charge in [0.2, 0.25) is 5.91 Å². The zero-order chi connectivity index (χ0) is 16.4. The molecule has 1 aliphatic carbocycles. The predicted octanol–water partition coefficient (Wildman–Crippen LogP) is 2.95. The minimum absolute atomic E-state index is 0.267. The van der Waals surface area contributed by atoms with Crippen molar-refractivity contribution in [1.82, 2.24) is 19.7 Å². The van der Waals surface area contributed by atoms with Crippen LogP contribution < -0.4 is 0 Å². The van der Waals surface area contributed by atoms with E-state index in [9.17, 15) is 4.79 Å². The Morgan fingerprint density at radius 3 is 3.00 bits per heavy atom. The second-order valence-corrected chi connectivity index (χ2v) is 7.00. The second-order valence-electron chi connectivity index (χ2n) is 7.00. The molecule has 2 aromatic rings. The van der Waals surface area contributed by atoms with Gasteiger partial charge in [0.1, 0.15) is 12.7 Å². The van der Waals surface area contributed by atoms with Crippen LogP contribution in [0.1, 0.15) is 55.2 Å². The van der Waals surface area contributed by atoms with Crippen LogP contribution in [0.15, 0.2) is 36.9 Å². The van der Waals surface area contributed by atoms with E-state index in [2.05, 4.69) is 34.3 Å². The SMILES string of the molecule is O=C(C[C@H]1CCCc2ccccc21)N1CCC[C@@H](n2cncn2)C1. The number of rotatable bonds is 3. The highest BCUT2D eigenvalue weighted by Crippen LogP contribution is 2.34. The third-order valence-electron chi connectivity index (χ3n) is 5.47. The van der Waals surface area contributed by atoms with Crippen molar-refractivity contribution in [3.05, 3.63) is 48.0 Å². The van der Waals surface area contributed by atoms with Crippen molar-refractivity contribution >= 4 is 5.91 Å². The van der Waals surface area contributed by atoms with Crippen molar-refractivity contribution < 1.29 is 4.79 Å². The van der Waals surface area contributed by atoms with Crippen LogP contribution in [0.2, 0.25) is 0 Å². The van der Waals surface area contributed by atoms with Gasteiger partial charge in [0.15, 0.2) is 0 Å². The van der Waals surface area contributed by atoms with E-state index in [0.29, 0.717) is 18.2 Å². The minimum atomic E-state index is 0.267. The van der Waals surface area contributed by atoms with Crippen LogP contribution in [0.4, 0.5) is 0 Å². The standard InChI is InChI=1S/C19H24N4O/c24-19(11-16-7-3-6-15-5-1-2-9-18(15)16)22-10-4-8-17(12-22)23-14-20-13-21-23/h1-2,5,9,13-14,16-17H,3-4,6-8,10-12H2/t16-,17-/m1/s1. The number of carbonyl (C=O) groups is 1. The molecule has 0 spiro atoms. The first-order valence-electron chi connectivity index (χ1n) is 9.01. The predicted molar refractivity (Wildman–Crippen MR) is 91.6 cm³/mol. The molecule has 2 aliphatic rings. The van der Waals surface area contributed by atoms with Gasteiger partial charge in [-0.25, -0.2) is 9.67 Å². The Balaban J connectivity index is 1.43. The second kappa shape index (κ2) is 6.75. The number of aromatic nitrogens is 3. The third kappa shape index (κ3) is 3.07. The highest BCUT2D eigenvalue weighted by atomic mass is 16.2. The first-order valence-corrected chi connectivity index (χ1v) is 9.01. The summed E-state index contributed by atoms with van der Waals surface area (Å²) in [5, 5.41) is 4.25. The Bertz CT molecular complexity index is 697. The molecule has 4 rings (SSSR count). The molecular formula is C19H24N4O. The number of piperidine rings is 1. The van der Waals surface area contributed by atoms with Crippen molar-refractivity contribution in [2.45, 2.75) is 50.5 Å². The number of fused-ring (bicyclic) bond motifs is 1. The average Bonchev–Trinajstić information content (AvgIpc) is 3.17. The summed E-state index contributed by atoms with van der Waals surface area (Å²) in [4.78, 5) is 18.9. The number of likely N-dealkylation sites (tertiary alicyclic amines) is 1. The average molecular weight is 324 g/mol. The third-order valence-corrected chi connectivity index (χ3v) is 5.47. The van der Waals surface area contributed by atoms with E-state index in [1.165, 1.54) is 17.5 Å². The van der Waals surface area contributed by atoms with E-state index in [1.54, 1.807) is 12.7 Å².